The largest absolute Gasteiger partial charge is 0.382 e. The van der Waals surface area contributed by atoms with Crippen LogP contribution in [0.3, 0.4) is 0 Å². The van der Waals surface area contributed by atoms with E-state index in [0.29, 0.717) is 17.4 Å². The molecule has 3 N–H and O–H groups in total. The fourth-order valence-electron chi connectivity index (χ4n) is 1.10. The molecule has 1 rings (SSSR count). The van der Waals surface area contributed by atoms with E-state index in [1.807, 2.05) is 6.92 Å². The van der Waals surface area contributed by atoms with Crippen molar-refractivity contribution in [2.75, 3.05) is 23.1 Å². The lowest BCUT2D eigenvalue weighted by atomic mass is 10.4. The summed E-state index contributed by atoms with van der Waals surface area (Å²) in [5.41, 5.74) is 5.46. The molecule has 1 heterocycles. The number of anilines is 2. The first-order valence-electron chi connectivity index (χ1n) is 4.22. The Morgan fingerprint density at radius 1 is 1.64 bits per heavy atom. The van der Waals surface area contributed by atoms with Gasteiger partial charge in [0, 0.05) is 28.9 Å². The minimum atomic E-state index is -0.817. The second-order valence-corrected chi connectivity index (χ2v) is 4.59. The van der Waals surface area contributed by atoms with E-state index in [0.717, 1.165) is 0 Å². The first-order valence-corrected chi connectivity index (χ1v) is 5.94. The van der Waals surface area contributed by atoms with Crippen LogP contribution in [0.25, 0.3) is 0 Å². The van der Waals surface area contributed by atoms with E-state index in [-0.39, 0.29) is 6.04 Å². The molecule has 0 saturated heterocycles. The van der Waals surface area contributed by atoms with Gasteiger partial charge in [0.25, 0.3) is 0 Å². The Labute approximate surface area is 85.6 Å². The van der Waals surface area contributed by atoms with Crippen LogP contribution in [0, 0.1) is 0 Å². The second kappa shape index (κ2) is 4.90. The van der Waals surface area contributed by atoms with Gasteiger partial charge in [-0.15, -0.1) is 0 Å². The van der Waals surface area contributed by atoms with Crippen LogP contribution in [-0.4, -0.2) is 32.2 Å². The molecule has 1 aromatic rings. The third-order valence-corrected chi connectivity index (χ3v) is 2.50. The van der Waals surface area contributed by atoms with Crippen LogP contribution in [-0.2, 0) is 10.8 Å². The molecule has 2 atom stereocenters. The van der Waals surface area contributed by atoms with Crippen molar-refractivity contribution in [3.8, 4) is 0 Å². The van der Waals surface area contributed by atoms with E-state index in [4.69, 9.17) is 5.73 Å². The molecule has 0 spiro atoms. The smallest absolute Gasteiger partial charge is 0.147 e. The van der Waals surface area contributed by atoms with Crippen molar-refractivity contribution < 1.29 is 4.21 Å². The van der Waals surface area contributed by atoms with Crippen molar-refractivity contribution in [1.29, 1.82) is 0 Å². The van der Waals surface area contributed by atoms with Gasteiger partial charge in [0.2, 0.25) is 0 Å². The third kappa shape index (κ3) is 3.69. The van der Waals surface area contributed by atoms with Gasteiger partial charge in [0.05, 0.1) is 12.4 Å². The summed E-state index contributed by atoms with van der Waals surface area (Å²) in [6.07, 6.45) is 4.74. The highest BCUT2D eigenvalue weighted by molar-refractivity contribution is 7.84. The van der Waals surface area contributed by atoms with Gasteiger partial charge in [-0.1, -0.05) is 0 Å². The van der Waals surface area contributed by atoms with Gasteiger partial charge in [-0.25, -0.2) is 4.98 Å². The molecule has 0 saturated carbocycles. The Hall–Kier alpha value is -1.17. The number of hydrogen-bond donors (Lipinski definition) is 2. The number of nitrogens with two attached hydrogens (primary N) is 1. The highest BCUT2D eigenvalue weighted by Gasteiger charge is 2.05. The molecule has 0 aliphatic carbocycles. The van der Waals surface area contributed by atoms with Gasteiger partial charge >= 0.3 is 0 Å². The summed E-state index contributed by atoms with van der Waals surface area (Å²) < 4.78 is 10.9. The van der Waals surface area contributed by atoms with Gasteiger partial charge < -0.3 is 11.1 Å². The minimum Gasteiger partial charge on any atom is -0.382 e. The topological polar surface area (TPSA) is 80.9 Å². The van der Waals surface area contributed by atoms with Crippen molar-refractivity contribution in [2.45, 2.75) is 13.0 Å². The van der Waals surface area contributed by atoms with Crippen LogP contribution in [0.15, 0.2) is 12.4 Å². The van der Waals surface area contributed by atoms with Crippen molar-refractivity contribution >= 4 is 22.4 Å². The van der Waals surface area contributed by atoms with E-state index in [1.165, 1.54) is 6.20 Å². The molecule has 14 heavy (non-hydrogen) atoms. The maximum Gasteiger partial charge on any atom is 0.147 e. The molecule has 0 aromatic carbocycles. The lowest BCUT2D eigenvalue weighted by Gasteiger charge is -2.12. The predicted octanol–water partition coefficient (Wildman–Crippen LogP) is 0.238. The zero-order chi connectivity index (χ0) is 10.6. The molecule has 0 amide bonds. The minimum absolute atomic E-state index is 0.0944. The lowest BCUT2D eigenvalue weighted by molar-refractivity contribution is 0.683. The summed E-state index contributed by atoms with van der Waals surface area (Å²) in [6, 6.07) is 0.0944. The zero-order valence-corrected chi connectivity index (χ0v) is 9.04. The maximum absolute atomic E-state index is 10.9. The fraction of sp³-hybridized carbons (Fsp3) is 0.500. The Morgan fingerprint density at radius 3 is 2.93 bits per heavy atom. The van der Waals surface area contributed by atoms with Gasteiger partial charge in [-0.3, -0.25) is 9.19 Å². The number of hydrogen-bond acceptors (Lipinski definition) is 5. The Balaban J connectivity index is 2.55. The summed E-state index contributed by atoms with van der Waals surface area (Å²) in [7, 11) is -0.817. The molecule has 0 aliphatic heterocycles. The van der Waals surface area contributed by atoms with Crippen LogP contribution in [0.4, 0.5) is 11.6 Å². The first kappa shape index (κ1) is 10.9. The van der Waals surface area contributed by atoms with Crippen molar-refractivity contribution in [1.82, 2.24) is 9.97 Å². The third-order valence-electron chi connectivity index (χ3n) is 1.53. The molecule has 78 valence electrons. The van der Waals surface area contributed by atoms with Crippen LogP contribution in [0.1, 0.15) is 6.92 Å². The van der Waals surface area contributed by atoms with Gasteiger partial charge in [-0.05, 0) is 6.92 Å². The lowest BCUT2D eigenvalue weighted by Crippen LogP contribution is -2.23. The van der Waals surface area contributed by atoms with Gasteiger partial charge in [-0.2, -0.15) is 0 Å². The van der Waals surface area contributed by atoms with Crippen LogP contribution >= 0.6 is 0 Å². The number of aromatic nitrogens is 2. The summed E-state index contributed by atoms with van der Waals surface area (Å²) in [4.78, 5) is 7.92. The average Bonchev–Trinajstić information content (AvgIpc) is 2.01. The van der Waals surface area contributed by atoms with Crippen LogP contribution < -0.4 is 11.1 Å². The molecule has 6 heteroatoms. The number of rotatable bonds is 4. The van der Waals surface area contributed by atoms with Crippen molar-refractivity contribution in [3.05, 3.63) is 12.4 Å². The Bertz CT molecular complexity index is 331. The summed E-state index contributed by atoms with van der Waals surface area (Å²) in [5, 5.41) is 3.07. The quantitative estimate of drug-likeness (QED) is 0.750. The Kier molecular flexibility index (Phi) is 3.82. The molecule has 0 aliphatic rings. The Morgan fingerprint density at radius 2 is 2.36 bits per heavy atom. The molecule has 0 fully saturated rings. The molecule has 0 radical (unpaired) electrons. The molecule has 0 bridgehead atoms. The highest BCUT2D eigenvalue weighted by Crippen LogP contribution is 2.04. The molecular formula is C8H14N4OS. The number of nitrogen functional groups attached to an aromatic ring is 1. The predicted molar refractivity (Wildman–Crippen MR) is 58.5 cm³/mol. The van der Waals surface area contributed by atoms with E-state index >= 15 is 0 Å². The highest BCUT2D eigenvalue weighted by atomic mass is 32.2. The summed E-state index contributed by atoms with van der Waals surface area (Å²) >= 11 is 0. The maximum atomic E-state index is 10.9. The van der Waals surface area contributed by atoms with Crippen molar-refractivity contribution in [2.24, 2.45) is 0 Å². The first-order chi connectivity index (χ1) is 6.58. The normalized spacial score (nSPS) is 14.7. The molecular weight excluding hydrogens is 200 g/mol. The average molecular weight is 214 g/mol. The van der Waals surface area contributed by atoms with Crippen LogP contribution in [0.2, 0.25) is 0 Å². The van der Waals surface area contributed by atoms with Gasteiger partial charge in [0.1, 0.15) is 11.6 Å². The monoisotopic (exact) mass is 214 g/mol. The number of nitrogens with one attached hydrogen (secondary N) is 1. The number of nitrogens with zero attached hydrogens (tertiary/aromatic N) is 2. The molecule has 2 unspecified atom stereocenters. The second-order valence-electron chi connectivity index (χ2n) is 3.11. The summed E-state index contributed by atoms with van der Waals surface area (Å²) in [6.45, 7) is 1.94. The van der Waals surface area contributed by atoms with E-state index < -0.39 is 10.8 Å². The van der Waals surface area contributed by atoms with Crippen LogP contribution in [0.5, 0.6) is 0 Å². The van der Waals surface area contributed by atoms with Crippen molar-refractivity contribution in [3.63, 3.8) is 0 Å². The van der Waals surface area contributed by atoms with E-state index in [2.05, 4.69) is 15.3 Å². The standard InChI is InChI=1S/C8H14N4OS/c1-6(5-14(2)13)11-8-4-10-3-7(9)12-8/h3-4,6H,5H2,1-2H3,(H3,9,11,12). The summed E-state index contributed by atoms with van der Waals surface area (Å²) in [5.74, 6) is 1.57. The molecule has 1 aromatic heterocycles. The molecule has 5 nitrogen and oxygen atoms in total. The van der Waals surface area contributed by atoms with Gasteiger partial charge in [0.15, 0.2) is 0 Å². The van der Waals surface area contributed by atoms with E-state index in [1.54, 1.807) is 12.5 Å². The SMILES string of the molecule is CC(CS(C)=O)Nc1cncc(N)n1. The van der Waals surface area contributed by atoms with E-state index in [9.17, 15) is 4.21 Å². The zero-order valence-electron chi connectivity index (χ0n) is 8.23. The fourth-order valence-corrected chi connectivity index (χ4v) is 1.88.